The van der Waals surface area contributed by atoms with Gasteiger partial charge in [-0.25, -0.2) is 4.79 Å². The van der Waals surface area contributed by atoms with Crippen LogP contribution in [0.5, 0.6) is 0 Å². The van der Waals surface area contributed by atoms with Crippen LogP contribution in [0.15, 0.2) is 0 Å². The predicted molar refractivity (Wildman–Crippen MR) is 59.8 cm³/mol. The van der Waals surface area contributed by atoms with E-state index in [1.807, 2.05) is 0 Å². The fourth-order valence-electron chi connectivity index (χ4n) is 1.91. The van der Waals surface area contributed by atoms with E-state index in [2.05, 4.69) is 5.32 Å². The Morgan fingerprint density at radius 1 is 1.35 bits per heavy atom. The van der Waals surface area contributed by atoms with E-state index in [1.54, 1.807) is 20.8 Å². The van der Waals surface area contributed by atoms with Gasteiger partial charge < -0.3 is 23.0 Å². The van der Waals surface area contributed by atoms with Crippen LogP contribution in [-0.4, -0.2) is 24.7 Å². The van der Waals surface area contributed by atoms with Gasteiger partial charge in [-0.05, 0) is 20.8 Å². The molecule has 0 bridgehead atoms. The van der Waals surface area contributed by atoms with Gasteiger partial charge in [0.25, 0.3) is 0 Å². The monoisotopic (exact) mass is 252 g/mol. The van der Waals surface area contributed by atoms with Crippen LogP contribution < -0.4 is 5.32 Å². The molecule has 0 aromatic carbocycles. The summed E-state index contributed by atoms with van der Waals surface area (Å²) in [6.45, 7) is 1.46. The molecule has 0 aromatic rings. The molecular weight excluding hydrogens is 234 g/mol. The molecule has 0 atom stereocenters. The number of nitrogens with one attached hydrogen (secondary N) is 1. The first kappa shape index (κ1) is 14.2. The molecule has 1 fully saturated rings. The standard InChI is InChI=1S/C10H18BF3NO2/c1-9(2,3)17-8(16)15-7-5-10(4,6-7)11(12,13)14/h7H,5-6H2,1-4H3,(H,15,16)/q-1. The molecule has 100 valence electrons. The summed E-state index contributed by atoms with van der Waals surface area (Å²) in [6, 6.07) is -0.432. The smallest absolute Gasteiger partial charge is 0.449 e. The van der Waals surface area contributed by atoms with Crippen molar-refractivity contribution in [2.45, 2.75) is 57.5 Å². The lowest BCUT2D eigenvalue weighted by Crippen LogP contribution is -2.54. The summed E-state index contributed by atoms with van der Waals surface area (Å²) in [5.74, 6) is 0. The van der Waals surface area contributed by atoms with Crippen molar-refractivity contribution in [2.75, 3.05) is 0 Å². The molecule has 1 amide bonds. The summed E-state index contributed by atoms with van der Waals surface area (Å²) in [7, 11) is 0. The Bertz CT molecular complexity index is 306. The van der Waals surface area contributed by atoms with Gasteiger partial charge in [-0.3, -0.25) is 0 Å². The molecule has 0 spiro atoms. The van der Waals surface area contributed by atoms with Crippen molar-refractivity contribution in [3.05, 3.63) is 0 Å². The number of alkyl carbamates (subject to hydrolysis) is 1. The zero-order valence-corrected chi connectivity index (χ0v) is 10.5. The van der Waals surface area contributed by atoms with Gasteiger partial charge in [-0.2, -0.15) is 0 Å². The first-order valence-corrected chi connectivity index (χ1v) is 5.62. The van der Waals surface area contributed by atoms with Gasteiger partial charge in [0.1, 0.15) is 5.60 Å². The quantitative estimate of drug-likeness (QED) is 0.766. The van der Waals surface area contributed by atoms with E-state index >= 15 is 0 Å². The highest BCUT2D eigenvalue weighted by molar-refractivity contribution is 6.62. The summed E-state index contributed by atoms with van der Waals surface area (Å²) in [6.07, 6.45) is -0.773. The highest BCUT2D eigenvalue weighted by Gasteiger charge is 2.54. The molecule has 1 aliphatic rings. The molecule has 1 aliphatic carbocycles. The molecule has 0 heterocycles. The van der Waals surface area contributed by atoms with Crippen LogP contribution in [0.1, 0.15) is 40.5 Å². The molecule has 0 aliphatic heterocycles. The maximum absolute atomic E-state index is 12.6. The molecule has 1 rings (SSSR count). The van der Waals surface area contributed by atoms with Gasteiger partial charge in [0.2, 0.25) is 0 Å². The Labute approximate surface area is 99.1 Å². The Morgan fingerprint density at radius 2 is 1.82 bits per heavy atom. The minimum atomic E-state index is -4.85. The van der Waals surface area contributed by atoms with Gasteiger partial charge >= 0.3 is 13.1 Å². The minimum Gasteiger partial charge on any atom is -0.449 e. The first-order chi connectivity index (χ1) is 7.43. The van der Waals surface area contributed by atoms with E-state index in [4.69, 9.17) is 4.74 Å². The molecule has 0 unspecified atom stereocenters. The van der Waals surface area contributed by atoms with Crippen molar-refractivity contribution in [2.24, 2.45) is 0 Å². The van der Waals surface area contributed by atoms with E-state index in [0.29, 0.717) is 0 Å². The van der Waals surface area contributed by atoms with Crippen molar-refractivity contribution >= 4 is 13.1 Å². The molecule has 1 saturated carbocycles. The molecular formula is C10H18BF3NO2-. The van der Waals surface area contributed by atoms with Gasteiger partial charge in [0.15, 0.2) is 0 Å². The number of carbonyl (C=O) groups is 1. The highest BCUT2D eigenvalue weighted by atomic mass is 19.4. The lowest BCUT2D eigenvalue weighted by molar-refractivity contribution is 0.0449. The zero-order valence-electron chi connectivity index (χ0n) is 10.5. The lowest BCUT2D eigenvalue weighted by Gasteiger charge is -2.51. The highest BCUT2D eigenvalue weighted by Crippen LogP contribution is 2.56. The van der Waals surface area contributed by atoms with Crippen molar-refractivity contribution in [1.82, 2.24) is 5.32 Å². The van der Waals surface area contributed by atoms with Crippen molar-refractivity contribution in [1.29, 1.82) is 0 Å². The fourth-order valence-corrected chi connectivity index (χ4v) is 1.91. The third-order valence-corrected chi connectivity index (χ3v) is 2.94. The van der Waals surface area contributed by atoms with Crippen molar-refractivity contribution < 1.29 is 22.5 Å². The van der Waals surface area contributed by atoms with E-state index in [0.717, 1.165) is 0 Å². The van der Waals surface area contributed by atoms with Crippen molar-refractivity contribution in [3.63, 3.8) is 0 Å². The average molecular weight is 252 g/mol. The zero-order chi connectivity index (χ0) is 13.5. The molecule has 17 heavy (non-hydrogen) atoms. The summed E-state index contributed by atoms with van der Waals surface area (Å²) in [5.41, 5.74) is -0.634. The molecule has 0 saturated heterocycles. The van der Waals surface area contributed by atoms with Crippen LogP contribution in [0.25, 0.3) is 0 Å². The summed E-state index contributed by atoms with van der Waals surface area (Å²) >= 11 is 0. The van der Waals surface area contributed by atoms with Crippen LogP contribution in [0.4, 0.5) is 17.7 Å². The number of hydrogen-bond acceptors (Lipinski definition) is 2. The second-order valence-corrected chi connectivity index (χ2v) is 5.98. The van der Waals surface area contributed by atoms with E-state index in [9.17, 15) is 17.7 Å². The van der Waals surface area contributed by atoms with Gasteiger partial charge in [0, 0.05) is 6.04 Å². The molecule has 0 radical (unpaired) electrons. The van der Waals surface area contributed by atoms with Gasteiger partial charge in [0.05, 0.1) is 0 Å². The second kappa shape index (κ2) is 4.10. The molecule has 3 nitrogen and oxygen atoms in total. The number of hydrogen-bond donors (Lipinski definition) is 1. The van der Waals surface area contributed by atoms with E-state index in [-0.39, 0.29) is 12.8 Å². The normalized spacial score (nSPS) is 29.5. The van der Waals surface area contributed by atoms with Gasteiger partial charge in [-0.15, -0.1) is 0 Å². The van der Waals surface area contributed by atoms with Crippen LogP contribution in [-0.2, 0) is 4.74 Å². The third kappa shape index (κ3) is 3.54. The SMILES string of the molecule is CC(C)(C)OC(=O)NC1CC(C)([B-](F)(F)F)C1. The van der Waals surface area contributed by atoms with Crippen LogP contribution in [0.3, 0.4) is 0 Å². The minimum absolute atomic E-state index is 0.0598. The Balaban J connectivity index is 2.38. The molecule has 1 N–H and O–H groups in total. The van der Waals surface area contributed by atoms with Crippen molar-refractivity contribution in [3.8, 4) is 0 Å². The Kier molecular flexibility index (Phi) is 3.42. The summed E-state index contributed by atoms with van der Waals surface area (Å²) in [4.78, 5) is 11.3. The molecule has 0 aromatic heterocycles. The van der Waals surface area contributed by atoms with E-state index < -0.39 is 30.0 Å². The van der Waals surface area contributed by atoms with E-state index in [1.165, 1.54) is 6.92 Å². The Hall–Kier alpha value is -0.875. The number of ether oxygens (including phenoxy) is 1. The molecule has 7 heteroatoms. The third-order valence-electron chi connectivity index (χ3n) is 2.94. The summed E-state index contributed by atoms with van der Waals surface area (Å²) in [5, 5.41) is 0.838. The number of rotatable bonds is 2. The average Bonchev–Trinajstić information content (AvgIpc) is 1.94. The van der Waals surface area contributed by atoms with Gasteiger partial charge in [-0.1, -0.05) is 25.1 Å². The first-order valence-electron chi connectivity index (χ1n) is 5.62. The second-order valence-electron chi connectivity index (χ2n) is 5.98. The maximum atomic E-state index is 12.6. The number of halogens is 3. The maximum Gasteiger partial charge on any atom is 0.484 e. The van der Waals surface area contributed by atoms with Crippen LogP contribution >= 0.6 is 0 Å². The summed E-state index contributed by atoms with van der Waals surface area (Å²) < 4.78 is 42.7. The topological polar surface area (TPSA) is 38.3 Å². The van der Waals surface area contributed by atoms with Crippen LogP contribution in [0.2, 0.25) is 5.31 Å². The Morgan fingerprint density at radius 3 is 2.18 bits per heavy atom. The predicted octanol–water partition coefficient (Wildman–Crippen LogP) is 3.28. The lowest BCUT2D eigenvalue weighted by atomic mass is 9.46. The number of amides is 1. The van der Waals surface area contributed by atoms with Crippen LogP contribution in [0, 0.1) is 0 Å². The largest absolute Gasteiger partial charge is 0.484 e. The fraction of sp³-hybridized carbons (Fsp3) is 0.900. The number of carbonyl (C=O) groups excluding carboxylic acids is 1.